The van der Waals surface area contributed by atoms with Gasteiger partial charge in [-0.1, -0.05) is 0 Å². The first-order valence-corrected chi connectivity index (χ1v) is 10.3. The number of anilines is 2. The highest BCUT2D eigenvalue weighted by Crippen LogP contribution is 2.27. The van der Waals surface area contributed by atoms with Crippen molar-refractivity contribution in [1.29, 1.82) is 0 Å². The summed E-state index contributed by atoms with van der Waals surface area (Å²) in [6.45, 7) is 1.50. The number of carbonyl (C=O) groups is 2. The number of amides is 2. The van der Waals surface area contributed by atoms with Crippen LogP contribution in [-0.4, -0.2) is 44.5 Å². The number of hydrogen-bond acceptors (Lipinski definition) is 7. The molecule has 2 N–H and O–H groups in total. The lowest BCUT2D eigenvalue weighted by Crippen LogP contribution is -2.33. The van der Waals surface area contributed by atoms with Gasteiger partial charge in [-0.05, 0) is 30.3 Å². The van der Waals surface area contributed by atoms with Crippen molar-refractivity contribution in [3.8, 4) is 0 Å². The third-order valence-corrected chi connectivity index (χ3v) is 5.70. The highest BCUT2D eigenvalue weighted by molar-refractivity contribution is 7.92. The number of ether oxygens (including phenoxy) is 1. The van der Waals surface area contributed by atoms with Gasteiger partial charge >= 0.3 is 6.09 Å². The van der Waals surface area contributed by atoms with Crippen molar-refractivity contribution < 1.29 is 32.1 Å². The van der Waals surface area contributed by atoms with Gasteiger partial charge in [0, 0.05) is 19.1 Å². The van der Waals surface area contributed by atoms with Crippen LogP contribution in [0.3, 0.4) is 0 Å². The van der Waals surface area contributed by atoms with Crippen LogP contribution in [0.4, 0.5) is 26.2 Å². The summed E-state index contributed by atoms with van der Waals surface area (Å²) >= 11 is 0. The van der Waals surface area contributed by atoms with Crippen molar-refractivity contribution in [3.63, 3.8) is 0 Å². The number of nitro groups is 1. The first-order valence-electron chi connectivity index (χ1n) is 8.86. The van der Waals surface area contributed by atoms with E-state index in [1.807, 2.05) is 0 Å². The maximum Gasteiger partial charge on any atom is 0.414 e. The van der Waals surface area contributed by atoms with Crippen molar-refractivity contribution in [2.24, 2.45) is 0 Å². The molecule has 31 heavy (non-hydrogen) atoms. The average molecular weight is 452 g/mol. The summed E-state index contributed by atoms with van der Waals surface area (Å²) in [5, 5.41) is 13.2. The zero-order valence-electron chi connectivity index (χ0n) is 16.1. The summed E-state index contributed by atoms with van der Waals surface area (Å²) in [6.07, 6.45) is -1.34. The van der Waals surface area contributed by atoms with E-state index >= 15 is 0 Å². The van der Waals surface area contributed by atoms with Crippen LogP contribution in [0.2, 0.25) is 0 Å². The van der Waals surface area contributed by atoms with E-state index in [4.69, 9.17) is 4.74 Å². The van der Waals surface area contributed by atoms with Gasteiger partial charge in [-0.3, -0.25) is 24.5 Å². The van der Waals surface area contributed by atoms with Gasteiger partial charge in [0.1, 0.15) is 11.9 Å². The minimum absolute atomic E-state index is 0.0758. The number of hydrogen-bond donors (Lipinski definition) is 2. The molecule has 11 nitrogen and oxygen atoms in total. The zero-order chi connectivity index (χ0) is 22.8. The third-order valence-electron chi connectivity index (χ3n) is 4.32. The van der Waals surface area contributed by atoms with Crippen LogP contribution in [-0.2, 0) is 19.6 Å². The topological polar surface area (TPSA) is 148 Å². The highest BCUT2D eigenvalue weighted by atomic mass is 32.2. The Labute approximate surface area is 176 Å². The van der Waals surface area contributed by atoms with Crippen molar-refractivity contribution in [2.75, 3.05) is 22.7 Å². The van der Waals surface area contributed by atoms with E-state index in [-0.39, 0.29) is 41.0 Å². The summed E-state index contributed by atoms with van der Waals surface area (Å²) in [6, 6.07) is 7.54. The van der Waals surface area contributed by atoms with E-state index in [0.717, 1.165) is 41.3 Å². The predicted molar refractivity (Wildman–Crippen MR) is 107 cm³/mol. The maximum atomic E-state index is 14.5. The molecule has 1 aliphatic heterocycles. The molecule has 0 bridgehead atoms. The van der Waals surface area contributed by atoms with Crippen LogP contribution >= 0.6 is 0 Å². The molecule has 1 fully saturated rings. The molecule has 2 aromatic carbocycles. The van der Waals surface area contributed by atoms with Gasteiger partial charge in [0.15, 0.2) is 0 Å². The first-order chi connectivity index (χ1) is 14.6. The second-order valence-electron chi connectivity index (χ2n) is 6.57. The Morgan fingerprint density at radius 2 is 1.97 bits per heavy atom. The van der Waals surface area contributed by atoms with Gasteiger partial charge in [0.2, 0.25) is 5.91 Å². The lowest BCUT2D eigenvalue weighted by Gasteiger charge is -2.15. The quantitative estimate of drug-likeness (QED) is 0.482. The Balaban J connectivity index is 1.74. The SMILES string of the molecule is CC(=O)NC[C@H]1CN(c2ccc(NS(=O)(=O)c3ccc([N+](=O)[O-])cc3)c(F)c2)C(=O)O1. The van der Waals surface area contributed by atoms with E-state index in [1.54, 1.807) is 0 Å². The fraction of sp³-hybridized carbons (Fsp3) is 0.222. The lowest BCUT2D eigenvalue weighted by molar-refractivity contribution is -0.384. The van der Waals surface area contributed by atoms with Crippen molar-refractivity contribution in [1.82, 2.24) is 5.32 Å². The molecule has 1 saturated heterocycles. The number of nitro benzene ring substituents is 1. The molecule has 1 aliphatic rings. The standard InChI is InChI=1S/C18H17FN4O7S/c1-11(24)20-9-14-10-22(18(25)30-14)13-4-7-17(16(19)8-13)21-31(28,29)15-5-2-12(3-6-15)23(26)27/h2-8,14,21H,9-10H2,1H3,(H,20,24)/t14-/m0/s1. The van der Waals surface area contributed by atoms with Crippen molar-refractivity contribution in [3.05, 3.63) is 58.4 Å². The normalized spacial score (nSPS) is 16.0. The molecule has 1 heterocycles. The van der Waals surface area contributed by atoms with E-state index in [2.05, 4.69) is 10.0 Å². The van der Waals surface area contributed by atoms with E-state index in [9.17, 15) is 32.5 Å². The minimum Gasteiger partial charge on any atom is -0.442 e. The largest absolute Gasteiger partial charge is 0.442 e. The Hall–Kier alpha value is -3.74. The van der Waals surface area contributed by atoms with Crippen molar-refractivity contribution in [2.45, 2.75) is 17.9 Å². The molecule has 0 saturated carbocycles. The van der Waals surface area contributed by atoms with Crippen LogP contribution in [0.15, 0.2) is 47.4 Å². The van der Waals surface area contributed by atoms with Gasteiger partial charge in [-0.15, -0.1) is 0 Å². The zero-order valence-corrected chi connectivity index (χ0v) is 16.9. The predicted octanol–water partition coefficient (Wildman–Crippen LogP) is 2.00. The molecule has 164 valence electrons. The molecule has 1 atom stereocenters. The number of sulfonamides is 1. The van der Waals surface area contributed by atoms with Crippen LogP contribution in [0.25, 0.3) is 0 Å². The van der Waals surface area contributed by atoms with E-state index in [0.29, 0.717) is 0 Å². The smallest absolute Gasteiger partial charge is 0.414 e. The van der Waals surface area contributed by atoms with Gasteiger partial charge in [-0.2, -0.15) is 0 Å². The summed E-state index contributed by atoms with van der Waals surface area (Å²) in [5.41, 5.74) is -0.514. The molecule has 2 amide bonds. The van der Waals surface area contributed by atoms with Crippen LogP contribution in [0.1, 0.15) is 6.92 Å². The Morgan fingerprint density at radius 3 is 2.55 bits per heavy atom. The number of rotatable bonds is 7. The Bertz CT molecular complexity index is 1140. The molecule has 0 spiro atoms. The fourth-order valence-corrected chi connectivity index (χ4v) is 3.87. The number of carbonyl (C=O) groups excluding carboxylic acids is 2. The lowest BCUT2D eigenvalue weighted by atomic mass is 10.2. The van der Waals surface area contributed by atoms with Crippen molar-refractivity contribution >= 4 is 39.1 Å². The number of halogens is 1. The van der Waals surface area contributed by atoms with Crippen LogP contribution in [0, 0.1) is 15.9 Å². The highest BCUT2D eigenvalue weighted by Gasteiger charge is 2.33. The Morgan fingerprint density at radius 1 is 1.29 bits per heavy atom. The second kappa shape index (κ2) is 8.55. The third kappa shape index (κ3) is 5.06. The summed E-state index contributed by atoms with van der Waals surface area (Å²) in [4.78, 5) is 33.9. The molecule has 0 aliphatic carbocycles. The molecular weight excluding hydrogens is 435 g/mol. The van der Waals surface area contributed by atoms with Gasteiger partial charge < -0.3 is 10.1 Å². The molecule has 3 rings (SSSR count). The van der Waals surface area contributed by atoms with Gasteiger partial charge in [0.05, 0.1) is 34.3 Å². The van der Waals surface area contributed by atoms with Gasteiger partial charge in [0.25, 0.3) is 15.7 Å². The summed E-state index contributed by atoms with van der Waals surface area (Å²) < 4.78 is 46.6. The fourth-order valence-electron chi connectivity index (χ4n) is 2.80. The average Bonchev–Trinajstić information content (AvgIpc) is 3.08. The Kier molecular flexibility index (Phi) is 6.06. The second-order valence-corrected chi connectivity index (χ2v) is 8.26. The first kappa shape index (κ1) is 22.0. The number of benzene rings is 2. The maximum absolute atomic E-state index is 14.5. The monoisotopic (exact) mass is 452 g/mol. The number of cyclic esters (lactones) is 1. The number of non-ortho nitro benzene ring substituents is 1. The molecule has 2 aromatic rings. The molecule has 0 unspecified atom stereocenters. The molecule has 13 heteroatoms. The summed E-state index contributed by atoms with van der Waals surface area (Å²) in [7, 11) is -4.20. The van der Waals surface area contributed by atoms with E-state index in [1.165, 1.54) is 13.0 Å². The number of nitrogens with zero attached hydrogens (tertiary/aromatic N) is 2. The van der Waals surface area contributed by atoms with Gasteiger partial charge in [-0.25, -0.2) is 17.6 Å². The molecular formula is C18H17FN4O7S. The minimum atomic E-state index is -4.20. The molecule has 0 aromatic heterocycles. The van der Waals surface area contributed by atoms with Crippen LogP contribution < -0.4 is 14.9 Å². The van der Waals surface area contributed by atoms with E-state index < -0.39 is 33.0 Å². The van der Waals surface area contributed by atoms with Crippen LogP contribution in [0.5, 0.6) is 0 Å². The number of nitrogens with one attached hydrogen (secondary N) is 2. The summed E-state index contributed by atoms with van der Waals surface area (Å²) in [5.74, 6) is -1.23. The molecule has 0 radical (unpaired) electrons.